The molecule has 2 aliphatic heterocycles. The van der Waals surface area contributed by atoms with Crippen molar-refractivity contribution >= 4 is 53.4 Å². The van der Waals surface area contributed by atoms with E-state index in [0.717, 1.165) is 27.7 Å². The number of esters is 7. The van der Waals surface area contributed by atoms with Crippen LogP contribution in [-0.2, 0) is 71.5 Å². The van der Waals surface area contributed by atoms with Crippen LogP contribution in [0.25, 0.3) is 0 Å². The van der Waals surface area contributed by atoms with E-state index >= 15 is 0 Å². The van der Waals surface area contributed by atoms with Gasteiger partial charge in [0.2, 0.25) is 0 Å². The Morgan fingerprint density at radius 2 is 1.29 bits per heavy atom. The number of carbonyl (C=O) groups is 7. The van der Waals surface area contributed by atoms with Crippen LogP contribution in [0.3, 0.4) is 0 Å². The zero-order valence-electron chi connectivity index (χ0n) is 32.9. The van der Waals surface area contributed by atoms with Crippen LogP contribution >= 0.6 is 11.6 Å². The third-order valence-corrected chi connectivity index (χ3v) is 11.4. The van der Waals surface area contributed by atoms with Crippen LogP contribution in [0.2, 0.25) is 0 Å². The minimum Gasteiger partial charge on any atom is -0.462 e. The van der Waals surface area contributed by atoms with Crippen molar-refractivity contribution in [3.63, 3.8) is 0 Å². The molecule has 2 saturated heterocycles. The quantitative estimate of drug-likeness (QED) is 0.110. The Balaban J connectivity index is 2.17. The third-order valence-electron chi connectivity index (χ3n) is 10.9. The van der Waals surface area contributed by atoms with Crippen molar-refractivity contribution in [1.29, 1.82) is 0 Å². The molecule has 0 amide bonds. The van der Waals surface area contributed by atoms with Gasteiger partial charge in [-0.25, -0.2) is 0 Å². The first-order valence-electron chi connectivity index (χ1n) is 18.4. The molecule has 0 aromatic heterocycles. The van der Waals surface area contributed by atoms with Crippen LogP contribution in [0, 0.1) is 29.1 Å². The summed E-state index contributed by atoms with van der Waals surface area (Å²) >= 11 is 7.04. The number of halogens is 1. The molecule has 4 rings (SSSR count). The molecule has 0 aromatic carbocycles. The van der Waals surface area contributed by atoms with E-state index in [1.807, 2.05) is 0 Å². The maximum Gasteiger partial charge on any atom is 0.312 e. The lowest BCUT2D eigenvalue weighted by atomic mass is 9.51. The number of hydrogen-bond donors (Lipinski definition) is 1. The molecule has 0 radical (unpaired) electrons. The highest BCUT2D eigenvalue weighted by atomic mass is 35.5. The molecule has 4 fully saturated rings. The average molecular weight is 801 g/mol. The molecule has 55 heavy (non-hydrogen) atoms. The lowest BCUT2D eigenvalue weighted by Gasteiger charge is -2.60. The van der Waals surface area contributed by atoms with Crippen LogP contribution in [-0.4, -0.2) is 113 Å². The van der Waals surface area contributed by atoms with Gasteiger partial charge in [-0.2, -0.15) is 0 Å². The first-order valence-corrected chi connectivity index (χ1v) is 18.8. The minimum atomic E-state index is -2.56. The zero-order chi connectivity index (χ0) is 41.5. The van der Waals surface area contributed by atoms with Crippen molar-refractivity contribution in [3.05, 3.63) is 12.2 Å². The molecule has 13 atom stereocenters. The fourth-order valence-electron chi connectivity index (χ4n) is 8.52. The molecule has 0 unspecified atom stereocenters. The number of fused-ring (bicyclic) bond motifs is 3. The number of alkyl halides is 1. The second-order valence-electron chi connectivity index (χ2n) is 16.1. The number of hydrogen-bond acceptors (Lipinski definition) is 16. The molecule has 16 nitrogen and oxygen atoms in total. The first kappa shape index (κ1) is 44.0. The predicted octanol–water partition coefficient (Wildman–Crippen LogP) is 2.89. The molecule has 0 aromatic rings. The number of rotatable bonds is 10. The highest BCUT2D eigenvalue weighted by molar-refractivity contribution is 6.23. The van der Waals surface area contributed by atoms with Crippen LogP contribution in [0.4, 0.5) is 0 Å². The van der Waals surface area contributed by atoms with E-state index in [0.29, 0.717) is 0 Å². The molecule has 2 heterocycles. The first-order chi connectivity index (χ1) is 25.4. The van der Waals surface area contributed by atoms with E-state index in [-0.39, 0.29) is 36.9 Å². The number of ether oxygens (including phenoxy) is 8. The van der Waals surface area contributed by atoms with Crippen LogP contribution in [0.5, 0.6) is 0 Å². The van der Waals surface area contributed by atoms with Gasteiger partial charge >= 0.3 is 41.8 Å². The number of carbonyl (C=O) groups excluding carboxylic acids is 7. The van der Waals surface area contributed by atoms with Crippen LogP contribution in [0.1, 0.15) is 88.5 Å². The highest BCUT2D eigenvalue weighted by Gasteiger charge is 2.82. The summed E-state index contributed by atoms with van der Waals surface area (Å²) < 4.78 is 47.9. The Morgan fingerprint density at radius 1 is 0.818 bits per heavy atom. The molecule has 308 valence electrons. The molecule has 2 aliphatic carbocycles. The van der Waals surface area contributed by atoms with E-state index in [1.165, 1.54) is 13.8 Å². The molecular formula is C38H53ClO16. The lowest BCUT2D eigenvalue weighted by Crippen LogP contribution is -2.77. The van der Waals surface area contributed by atoms with Crippen molar-refractivity contribution < 1.29 is 76.6 Å². The van der Waals surface area contributed by atoms with Gasteiger partial charge in [0, 0.05) is 52.9 Å². The standard InChI is InChI=1S/C38H53ClO16/c1-16(2)12-26(44)53-24-14-25(49-20(7)40)36(11)30(34(52-23(10)43)38(47)19(6)35(46)55-31(38)28(39)18(24)5)37(15-48-37)33(51-22(9)42)29(32(36)50-21(8)41)54-27(45)13-17(3)4/h16-17,19,24-25,28-34,47H,5,12-15H2,1-4,6-11H3/t19-,24-,25-,28-,29+,30+,31-,32-,33+,34-,36+,37-,38-/m0/s1. The summed E-state index contributed by atoms with van der Waals surface area (Å²) in [5.74, 6) is -9.38. The van der Waals surface area contributed by atoms with Gasteiger partial charge < -0.3 is 43.0 Å². The summed E-state index contributed by atoms with van der Waals surface area (Å²) in [6.07, 6.45) is -12.1. The predicted molar refractivity (Wildman–Crippen MR) is 189 cm³/mol. The summed E-state index contributed by atoms with van der Waals surface area (Å²) in [5, 5.41) is 11.6. The molecule has 2 saturated carbocycles. The number of epoxide rings is 1. The van der Waals surface area contributed by atoms with Gasteiger partial charge in [-0.3, -0.25) is 33.6 Å². The van der Waals surface area contributed by atoms with Gasteiger partial charge in [0.15, 0.2) is 30.0 Å². The lowest BCUT2D eigenvalue weighted by molar-refractivity contribution is -0.287. The van der Waals surface area contributed by atoms with Gasteiger partial charge in [0.05, 0.1) is 23.3 Å². The van der Waals surface area contributed by atoms with E-state index in [4.69, 9.17) is 49.5 Å². The zero-order valence-corrected chi connectivity index (χ0v) is 33.7. The maximum atomic E-state index is 13.5. The summed E-state index contributed by atoms with van der Waals surface area (Å²) in [4.78, 5) is 92.7. The average Bonchev–Trinajstić information content (AvgIpc) is 3.79. The van der Waals surface area contributed by atoms with Gasteiger partial charge in [-0.1, -0.05) is 41.2 Å². The normalized spacial score (nSPS) is 38.2. The summed E-state index contributed by atoms with van der Waals surface area (Å²) in [6, 6.07) is 0. The molecular weight excluding hydrogens is 748 g/mol. The molecule has 17 heteroatoms. The topological polar surface area (TPSA) is 217 Å². The Kier molecular flexibility index (Phi) is 13.1. The van der Waals surface area contributed by atoms with Gasteiger partial charge in [0.1, 0.15) is 23.9 Å². The van der Waals surface area contributed by atoms with Crippen molar-refractivity contribution in [3.8, 4) is 0 Å². The Bertz CT molecular complexity index is 1570. The van der Waals surface area contributed by atoms with Gasteiger partial charge in [-0.05, 0) is 24.3 Å². The third kappa shape index (κ3) is 8.51. The highest BCUT2D eigenvalue weighted by Crippen LogP contribution is 2.64. The summed E-state index contributed by atoms with van der Waals surface area (Å²) in [5.41, 5.74) is -6.46. The van der Waals surface area contributed by atoms with Crippen molar-refractivity contribution in [2.24, 2.45) is 29.1 Å². The molecule has 1 N–H and O–H groups in total. The van der Waals surface area contributed by atoms with Crippen LogP contribution in [0.15, 0.2) is 12.2 Å². The molecule has 1 spiro atoms. The van der Waals surface area contributed by atoms with Crippen molar-refractivity contribution in [1.82, 2.24) is 0 Å². The SMILES string of the molecule is C=C1[C@@H](OC(=O)CC(C)C)C[C@H](OC(C)=O)[C@@]2(C)[C@@H](OC(C)=O)[C@@H](OC(=O)CC(C)C)[C@@H](OC(C)=O)[C@]3(CO3)[C@@H]2[C@H](OC(C)=O)[C@]2(O)[C@@H](C)C(=O)O[C@H]2[C@H]1Cl. The second-order valence-corrected chi connectivity index (χ2v) is 16.6. The Morgan fingerprint density at radius 3 is 1.76 bits per heavy atom. The molecule has 4 aliphatic rings. The van der Waals surface area contributed by atoms with E-state index in [1.54, 1.807) is 27.7 Å². The Labute approximate surface area is 325 Å². The second kappa shape index (κ2) is 16.4. The number of aliphatic hydroxyl groups is 1. The fourth-order valence-corrected chi connectivity index (χ4v) is 8.91. The van der Waals surface area contributed by atoms with Gasteiger partial charge in [0.25, 0.3) is 0 Å². The van der Waals surface area contributed by atoms with Crippen molar-refractivity contribution in [2.75, 3.05) is 6.61 Å². The largest absolute Gasteiger partial charge is 0.462 e. The van der Waals surface area contributed by atoms with Gasteiger partial charge in [-0.15, -0.1) is 11.6 Å². The summed E-state index contributed by atoms with van der Waals surface area (Å²) in [7, 11) is 0. The minimum absolute atomic E-state index is 0.0479. The van der Waals surface area contributed by atoms with Crippen molar-refractivity contribution in [2.45, 2.75) is 148 Å². The molecule has 0 bridgehead atoms. The van der Waals surface area contributed by atoms with E-state index in [9.17, 15) is 38.7 Å². The maximum absolute atomic E-state index is 13.5. The van der Waals surface area contributed by atoms with E-state index in [2.05, 4.69) is 6.58 Å². The van der Waals surface area contributed by atoms with Crippen LogP contribution < -0.4 is 0 Å². The van der Waals surface area contributed by atoms with E-state index < -0.39 is 125 Å². The fraction of sp³-hybridized carbons (Fsp3) is 0.763. The monoisotopic (exact) mass is 800 g/mol. The Hall–Kier alpha value is -3.76. The smallest absolute Gasteiger partial charge is 0.312 e. The summed E-state index contributed by atoms with van der Waals surface area (Å²) in [6.45, 7) is 18.0.